The summed E-state index contributed by atoms with van der Waals surface area (Å²) < 4.78 is 15.9. The highest BCUT2D eigenvalue weighted by molar-refractivity contribution is 6.36. The van der Waals surface area contributed by atoms with Gasteiger partial charge < -0.3 is 14.0 Å². The largest absolute Gasteiger partial charge is 0.489 e. The van der Waals surface area contributed by atoms with Crippen molar-refractivity contribution in [3.8, 4) is 5.75 Å². The Balaban J connectivity index is 1.49. The van der Waals surface area contributed by atoms with E-state index in [0.717, 1.165) is 22.6 Å². The second kappa shape index (κ2) is 9.78. The maximum absolute atomic E-state index is 12.2. The van der Waals surface area contributed by atoms with E-state index in [-0.39, 0.29) is 17.0 Å². The third-order valence-corrected chi connectivity index (χ3v) is 4.98. The van der Waals surface area contributed by atoms with E-state index < -0.39 is 18.4 Å². The number of esters is 1. The SMILES string of the molecule is Cc1noc(C)c1COc1ccc(CC(=O)OCC(=O)c2ccc(Cl)cc2Cl)cc1. The minimum Gasteiger partial charge on any atom is -0.489 e. The van der Waals surface area contributed by atoms with Gasteiger partial charge in [0.15, 0.2) is 6.61 Å². The van der Waals surface area contributed by atoms with Gasteiger partial charge in [0.25, 0.3) is 0 Å². The Morgan fingerprint density at radius 2 is 1.80 bits per heavy atom. The number of rotatable bonds is 8. The quantitative estimate of drug-likeness (QED) is 0.351. The fourth-order valence-corrected chi connectivity index (χ4v) is 3.24. The molecular formula is C22H19Cl2NO5. The molecule has 1 aromatic heterocycles. The molecule has 0 unspecified atom stereocenters. The van der Waals surface area contributed by atoms with Crippen LogP contribution < -0.4 is 4.74 Å². The number of Topliss-reactive ketones (excluding diaryl/α,β-unsaturated/α-hetero) is 1. The summed E-state index contributed by atoms with van der Waals surface area (Å²) in [6.45, 7) is 3.64. The Morgan fingerprint density at radius 3 is 2.43 bits per heavy atom. The van der Waals surface area contributed by atoms with Crippen LogP contribution in [0.4, 0.5) is 0 Å². The second-order valence-electron chi connectivity index (χ2n) is 6.62. The molecule has 0 fully saturated rings. The number of carbonyl (C=O) groups excluding carboxylic acids is 2. The van der Waals surface area contributed by atoms with Crippen molar-refractivity contribution in [2.75, 3.05) is 6.61 Å². The minimum atomic E-state index is -0.516. The average molecular weight is 448 g/mol. The van der Waals surface area contributed by atoms with Crippen LogP contribution >= 0.6 is 23.2 Å². The summed E-state index contributed by atoms with van der Waals surface area (Å²) in [5, 5.41) is 4.53. The Morgan fingerprint density at radius 1 is 1.07 bits per heavy atom. The molecule has 0 saturated carbocycles. The molecule has 0 amide bonds. The number of hydrogen-bond acceptors (Lipinski definition) is 6. The van der Waals surface area contributed by atoms with E-state index in [0.29, 0.717) is 17.4 Å². The molecule has 0 aliphatic carbocycles. The van der Waals surface area contributed by atoms with Crippen LogP contribution in [0, 0.1) is 13.8 Å². The minimum absolute atomic E-state index is 0.0335. The zero-order valence-corrected chi connectivity index (χ0v) is 17.9. The van der Waals surface area contributed by atoms with Crippen LogP contribution in [0.1, 0.15) is 32.9 Å². The van der Waals surface area contributed by atoms with Crippen LogP contribution in [0.3, 0.4) is 0 Å². The van der Waals surface area contributed by atoms with Crippen molar-refractivity contribution in [3.63, 3.8) is 0 Å². The molecular weight excluding hydrogens is 429 g/mol. The fourth-order valence-electron chi connectivity index (χ4n) is 2.72. The molecule has 0 saturated heterocycles. The van der Waals surface area contributed by atoms with Gasteiger partial charge in [-0.3, -0.25) is 9.59 Å². The van der Waals surface area contributed by atoms with E-state index in [1.165, 1.54) is 12.1 Å². The monoisotopic (exact) mass is 447 g/mol. The van der Waals surface area contributed by atoms with Crippen molar-refractivity contribution in [1.82, 2.24) is 5.16 Å². The normalized spacial score (nSPS) is 10.7. The number of nitrogens with zero attached hydrogens (tertiary/aromatic N) is 1. The van der Waals surface area contributed by atoms with Crippen molar-refractivity contribution in [1.29, 1.82) is 0 Å². The Kier molecular flexibility index (Phi) is 7.13. The summed E-state index contributed by atoms with van der Waals surface area (Å²) in [7, 11) is 0. The molecule has 1 heterocycles. The van der Waals surface area contributed by atoms with Crippen molar-refractivity contribution >= 4 is 35.0 Å². The van der Waals surface area contributed by atoms with Gasteiger partial charge in [0.2, 0.25) is 5.78 Å². The van der Waals surface area contributed by atoms with Gasteiger partial charge >= 0.3 is 5.97 Å². The summed E-state index contributed by atoms with van der Waals surface area (Å²) in [4.78, 5) is 24.2. The van der Waals surface area contributed by atoms with Crippen molar-refractivity contribution in [3.05, 3.63) is 80.7 Å². The van der Waals surface area contributed by atoms with Gasteiger partial charge in [-0.05, 0) is 49.7 Å². The van der Waals surface area contributed by atoms with Crippen LogP contribution in [-0.2, 0) is 22.6 Å². The van der Waals surface area contributed by atoms with E-state index in [9.17, 15) is 9.59 Å². The third kappa shape index (κ3) is 5.62. The fraction of sp³-hybridized carbons (Fsp3) is 0.227. The van der Waals surface area contributed by atoms with Gasteiger partial charge in [-0.1, -0.05) is 40.5 Å². The zero-order valence-electron chi connectivity index (χ0n) is 16.4. The number of aromatic nitrogens is 1. The molecule has 0 atom stereocenters. The first-order valence-corrected chi connectivity index (χ1v) is 9.86. The number of benzene rings is 2. The number of ketones is 1. The molecule has 0 N–H and O–H groups in total. The highest BCUT2D eigenvalue weighted by Gasteiger charge is 2.14. The zero-order chi connectivity index (χ0) is 21.7. The summed E-state index contributed by atoms with van der Waals surface area (Å²) in [5.41, 5.74) is 2.70. The molecule has 3 aromatic rings. The highest BCUT2D eigenvalue weighted by Crippen LogP contribution is 2.22. The maximum Gasteiger partial charge on any atom is 0.310 e. The Hall–Kier alpha value is -2.83. The van der Waals surface area contributed by atoms with E-state index in [1.807, 2.05) is 13.8 Å². The van der Waals surface area contributed by atoms with E-state index >= 15 is 0 Å². The topological polar surface area (TPSA) is 78.6 Å². The van der Waals surface area contributed by atoms with Crippen LogP contribution in [0.2, 0.25) is 10.0 Å². The van der Waals surface area contributed by atoms with Crippen LogP contribution in [0.5, 0.6) is 5.75 Å². The van der Waals surface area contributed by atoms with Gasteiger partial charge in [-0.15, -0.1) is 0 Å². The Labute approximate surface area is 183 Å². The average Bonchev–Trinajstić information content (AvgIpc) is 3.03. The Bertz CT molecular complexity index is 1040. The number of halogens is 2. The molecule has 0 spiro atoms. The molecule has 8 heteroatoms. The molecule has 3 rings (SSSR count). The molecule has 0 aliphatic rings. The summed E-state index contributed by atoms with van der Waals surface area (Å²) >= 11 is 11.8. The molecule has 2 aromatic carbocycles. The number of aryl methyl sites for hydroxylation is 2. The number of hydrogen-bond donors (Lipinski definition) is 0. The van der Waals surface area contributed by atoms with Gasteiger partial charge in [0.05, 0.1) is 22.7 Å². The molecule has 0 aliphatic heterocycles. The summed E-state index contributed by atoms with van der Waals surface area (Å²) in [5.74, 6) is 0.465. The first kappa shape index (κ1) is 21.9. The predicted octanol–water partition coefficient (Wildman–Crippen LogP) is 5.15. The highest BCUT2D eigenvalue weighted by atomic mass is 35.5. The molecule has 0 bridgehead atoms. The van der Waals surface area contributed by atoms with E-state index in [2.05, 4.69) is 5.16 Å². The van der Waals surface area contributed by atoms with Crippen molar-refractivity contribution in [2.45, 2.75) is 26.9 Å². The van der Waals surface area contributed by atoms with Gasteiger partial charge in [0.1, 0.15) is 18.1 Å². The molecule has 30 heavy (non-hydrogen) atoms. The number of carbonyl (C=O) groups is 2. The standard InChI is InChI=1S/C22H19Cl2NO5/c1-13-19(14(2)30-25-13)11-28-17-6-3-15(4-7-17)9-22(27)29-12-21(26)18-8-5-16(23)10-20(18)24/h3-8,10H,9,11-12H2,1-2H3. The van der Waals surface area contributed by atoms with Crippen molar-refractivity contribution < 1.29 is 23.6 Å². The lowest BCUT2D eigenvalue weighted by atomic mass is 10.1. The predicted molar refractivity (Wildman–Crippen MR) is 112 cm³/mol. The van der Waals surface area contributed by atoms with Crippen LogP contribution in [0.25, 0.3) is 0 Å². The van der Waals surface area contributed by atoms with E-state index in [1.54, 1.807) is 30.3 Å². The van der Waals surface area contributed by atoms with Gasteiger partial charge in [-0.2, -0.15) is 0 Å². The molecule has 0 radical (unpaired) electrons. The van der Waals surface area contributed by atoms with Crippen LogP contribution in [0.15, 0.2) is 47.0 Å². The lowest BCUT2D eigenvalue weighted by Gasteiger charge is -2.08. The molecule has 156 valence electrons. The van der Waals surface area contributed by atoms with Crippen molar-refractivity contribution in [2.24, 2.45) is 0 Å². The number of ether oxygens (including phenoxy) is 2. The van der Waals surface area contributed by atoms with Crippen LogP contribution in [-0.4, -0.2) is 23.5 Å². The smallest absolute Gasteiger partial charge is 0.310 e. The lowest BCUT2D eigenvalue weighted by molar-refractivity contribution is -0.141. The third-order valence-electron chi connectivity index (χ3n) is 4.43. The van der Waals surface area contributed by atoms with Gasteiger partial charge in [-0.25, -0.2) is 0 Å². The maximum atomic E-state index is 12.2. The second-order valence-corrected chi connectivity index (χ2v) is 7.46. The van der Waals surface area contributed by atoms with E-state index in [4.69, 9.17) is 37.2 Å². The molecule has 6 nitrogen and oxygen atoms in total. The lowest BCUT2D eigenvalue weighted by Crippen LogP contribution is -2.16. The van der Waals surface area contributed by atoms with Gasteiger partial charge in [0, 0.05) is 10.6 Å². The first-order valence-electron chi connectivity index (χ1n) is 9.11. The first-order chi connectivity index (χ1) is 14.3. The summed E-state index contributed by atoms with van der Waals surface area (Å²) in [6.07, 6.45) is 0.0335. The summed E-state index contributed by atoms with van der Waals surface area (Å²) in [6, 6.07) is 11.6.